The second-order valence-electron chi connectivity index (χ2n) is 4.35. The van der Waals surface area contributed by atoms with Crippen LogP contribution in [0.3, 0.4) is 0 Å². The Kier molecular flexibility index (Phi) is 3.60. The molecule has 0 saturated carbocycles. The standard InChI is InChI=1S/C12H13BrN2O3S/c1-17-12(16)9-4-8-11(19-9)14-10(5-13)15(8)6-7-2-3-18-7/h4,7H,2-3,5-6H2,1H3. The van der Waals surface area contributed by atoms with E-state index in [9.17, 15) is 4.79 Å². The Bertz CT molecular complexity index is 618. The zero-order chi connectivity index (χ0) is 13.4. The summed E-state index contributed by atoms with van der Waals surface area (Å²) in [4.78, 5) is 17.6. The van der Waals surface area contributed by atoms with Crippen LogP contribution in [0.4, 0.5) is 0 Å². The van der Waals surface area contributed by atoms with Gasteiger partial charge in [-0.05, 0) is 12.5 Å². The van der Waals surface area contributed by atoms with Crippen LogP contribution in [0.1, 0.15) is 21.9 Å². The van der Waals surface area contributed by atoms with Gasteiger partial charge in [0.05, 0.1) is 30.6 Å². The molecule has 102 valence electrons. The van der Waals surface area contributed by atoms with E-state index in [1.165, 1.54) is 18.4 Å². The number of alkyl halides is 1. The Morgan fingerprint density at radius 3 is 3.11 bits per heavy atom. The molecule has 19 heavy (non-hydrogen) atoms. The summed E-state index contributed by atoms with van der Waals surface area (Å²) in [5.41, 5.74) is 0.982. The highest BCUT2D eigenvalue weighted by molar-refractivity contribution is 9.08. The molecule has 0 amide bonds. The van der Waals surface area contributed by atoms with Crippen molar-refractivity contribution in [2.75, 3.05) is 13.7 Å². The number of nitrogens with zero attached hydrogens (tertiary/aromatic N) is 2. The quantitative estimate of drug-likeness (QED) is 0.631. The van der Waals surface area contributed by atoms with Gasteiger partial charge in [0.2, 0.25) is 0 Å². The molecule has 0 aromatic carbocycles. The maximum Gasteiger partial charge on any atom is 0.348 e. The lowest BCUT2D eigenvalue weighted by molar-refractivity contribution is -0.0589. The van der Waals surface area contributed by atoms with Crippen molar-refractivity contribution in [3.8, 4) is 0 Å². The van der Waals surface area contributed by atoms with Crippen molar-refractivity contribution in [2.24, 2.45) is 0 Å². The fourth-order valence-corrected chi connectivity index (χ4v) is 3.50. The monoisotopic (exact) mass is 344 g/mol. The van der Waals surface area contributed by atoms with Crippen LogP contribution in [0, 0.1) is 0 Å². The number of imidazole rings is 1. The Morgan fingerprint density at radius 2 is 2.53 bits per heavy atom. The van der Waals surface area contributed by atoms with Gasteiger partial charge in [-0.25, -0.2) is 9.78 Å². The summed E-state index contributed by atoms with van der Waals surface area (Å²) in [7, 11) is 1.39. The first kappa shape index (κ1) is 13.1. The molecule has 0 spiro atoms. The van der Waals surface area contributed by atoms with Gasteiger partial charge in [0, 0.05) is 6.61 Å². The number of carbonyl (C=O) groups excluding carboxylic acids is 1. The van der Waals surface area contributed by atoms with Gasteiger partial charge in [-0.15, -0.1) is 11.3 Å². The summed E-state index contributed by atoms with van der Waals surface area (Å²) in [6, 6.07) is 1.85. The van der Waals surface area contributed by atoms with Crippen LogP contribution < -0.4 is 0 Å². The van der Waals surface area contributed by atoms with Crippen LogP contribution in [0.25, 0.3) is 10.3 Å². The number of esters is 1. The predicted octanol–water partition coefficient (Wildman–Crippen LogP) is 2.57. The zero-order valence-electron chi connectivity index (χ0n) is 10.4. The molecule has 5 nitrogen and oxygen atoms in total. The number of methoxy groups -OCH3 is 1. The molecule has 1 aliphatic rings. The number of rotatable bonds is 4. The molecule has 3 rings (SSSR count). The average Bonchev–Trinajstić information content (AvgIpc) is 2.90. The van der Waals surface area contributed by atoms with Gasteiger partial charge >= 0.3 is 5.97 Å². The van der Waals surface area contributed by atoms with Crippen molar-refractivity contribution in [1.82, 2.24) is 9.55 Å². The van der Waals surface area contributed by atoms with Crippen LogP contribution in [0.5, 0.6) is 0 Å². The zero-order valence-corrected chi connectivity index (χ0v) is 12.8. The minimum absolute atomic E-state index is 0.261. The first-order valence-electron chi connectivity index (χ1n) is 5.97. The highest BCUT2D eigenvalue weighted by Gasteiger charge is 2.23. The van der Waals surface area contributed by atoms with Crippen LogP contribution in [0.2, 0.25) is 0 Å². The Labute approximate surface area is 122 Å². The second-order valence-corrected chi connectivity index (χ2v) is 5.94. The predicted molar refractivity (Wildman–Crippen MR) is 75.9 cm³/mol. The van der Waals surface area contributed by atoms with E-state index in [1.54, 1.807) is 0 Å². The van der Waals surface area contributed by atoms with Gasteiger partial charge in [-0.3, -0.25) is 0 Å². The van der Waals surface area contributed by atoms with E-state index in [0.29, 0.717) is 10.2 Å². The number of hydrogen-bond donors (Lipinski definition) is 0. The molecule has 2 aromatic rings. The summed E-state index contributed by atoms with van der Waals surface area (Å²) < 4.78 is 12.3. The number of fused-ring (bicyclic) bond motifs is 1. The number of ether oxygens (including phenoxy) is 2. The fourth-order valence-electron chi connectivity index (χ4n) is 2.10. The maximum absolute atomic E-state index is 11.6. The van der Waals surface area contributed by atoms with E-state index < -0.39 is 0 Å². The molecule has 1 saturated heterocycles. The van der Waals surface area contributed by atoms with Gasteiger partial charge in [0.25, 0.3) is 0 Å². The smallest absolute Gasteiger partial charge is 0.348 e. The van der Waals surface area contributed by atoms with Gasteiger partial charge in [-0.1, -0.05) is 15.9 Å². The molecule has 1 atom stereocenters. The summed E-state index contributed by atoms with van der Waals surface area (Å²) in [5, 5.41) is 0.689. The number of halogens is 1. The molecule has 1 fully saturated rings. The molecular formula is C12H13BrN2O3S. The fraction of sp³-hybridized carbons (Fsp3) is 0.500. The SMILES string of the molecule is COC(=O)c1cc2c(nc(CBr)n2CC2CCO2)s1. The van der Waals surface area contributed by atoms with Crippen LogP contribution >= 0.6 is 27.3 Å². The summed E-state index contributed by atoms with van der Waals surface area (Å²) in [6.45, 7) is 1.62. The Morgan fingerprint density at radius 1 is 1.74 bits per heavy atom. The normalized spacial score (nSPS) is 18.5. The van der Waals surface area contributed by atoms with Crippen LogP contribution in [0.15, 0.2) is 6.07 Å². The third kappa shape index (κ3) is 2.30. The van der Waals surface area contributed by atoms with Gasteiger partial charge in [0.15, 0.2) is 0 Å². The molecule has 1 unspecified atom stereocenters. The largest absolute Gasteiger partial charge is 0.465 e. The molecule has 2 aromatic heterocycles. The van der Waals surface area contributed by atoms with Crippen molar-refractivity contribution >= 4 is 43.6 Å². The van der Waals surface area contributed by atoms with Gasteiger partial charge in [0.1, 0.15) is 15.5 Å². The summed E-state index contributed by atoms with van der Waals surface area (Å²) >= 11 is 4.82. The van der Waals surface area contributed by atoms with Crippen molar-refractivity contribution in [3.63, 3.8) is 0 Å². The minimum Gasteiger partial charge on any atom is -0.465 e. The van der Waals surface area contributed by atoms with Gasteiger partial charge in [-0.2, -0.15) is 0 Å². The third-order valence-electron chi connectivity index (χ3n) is 3.21. The highest BCUT2D eigenvalue weighted by Crippen LogP contribution is 2.29. The lowest BCUT2D eigenvalue weighted by Crippen LogP contribution is -2.31. The Balaban J connectivity index is 1.99. The molecule has 0 aliphatic carbocycles. The van der Waals surface area contributed by atoms with Crippen LogP contribution in [-0.2, 0) is 21.3 Å². The molecule has 0 bridgehead atoms. The number of hydrogen-bond acceptors (Lipinski definition) is 5. The van der Waals surface area contributed by atoms with Gasteiger partial charge < -0.3 is 14.0 Å². The van der Waals surface area contributed by atoms with E-state index in [2.05, 4.69) is 25.5 Å². The first-order chi connectivity index (χ1) is 9.22. The second kappa shape index (κ2) is 5.22. The van der Waals surface area contributed by atoms with Crippen molar-refractivity contribution < 1.29 is 14.3 Å². The third-order valence-corrected chi connectivity index (χ3v) is 4.71. The topological polar surface area (TPSA) is 53.3 Å². The lowest BCUT2D eigenvalue weighted by Gasteiger charge is -2.27. The van der Waals surface area contributed by atoms with E-state index >= 15 is 0 Å². The molecule has 0 N–H and O–H groups in total. The highest BCUT2D eigenvalue weighted by atomic mass is 79.9. The van der Waals surface area contributed by atoms with E-state index in [4.69, 9.17) is 9.47 Å². The average molecular weight is 345 g/mol. The van der Waals surface area contributed by atoms with Crippen molar-refractivity contribution in [2.45, 2.75) is 24.4 Å². The first-order valence-corrected chi connectivity index (χ1v) is 7.91. The van der Waals surface area contributed by atoms with Crippen LogP contribution in [-0.4, -0.2) is 35.3 Å². The molecular weight excluding hydrogens is 332 g/mol. The lowest BCUT2D eigenvalue weighted by atomic mass is 10.2. The summed E-state index contributed by atoms with van der Waals surface area (Å²) in [5.74, 6) is 0.656. The van der Waals surface area contributed by atoms with Crippen molar-refractivity contribution in [3.05, 3.63) is 16.8 Å². The molecule has 0 radical (unpaired) electrons. The number of carbonyl (C=O) groups is 1. The Hall–Kier alpha value is -0.920. The van der Waals surface area contributed by atoms with E-state index in [0.717, 1.165) is 35.7 Å². The van der Waals surface area contributed by atoms with E-state index in [1.807, 2.05) is 6.07 Å². The molecule has 3 heterocycles. The minimum atomic E-state index is -0.310. The maximum atomic E-state index is 11.6. The molecule has 1 aliphatic heterocycles. The van der Waals surface area contributed by atoms with E-state index in [-0.39, 0.29) is 12.1 Å². The summed E-state index contributed by atoms with van der Waals surface area (Å²) in [6.07, 6.45) is 1.34. The number of thiophene rings is 1. The molecule has 7 heteroatoms. The number of aromatic nitrogens is 2. The van der Waals surface area contributed by atoms with Crippen molar-refractivity contribution in [1.29, 1.82) is 0 Å².